The van der Waals surface area contributed by atoms with Crippen LogP contribution in [0.2, 0.25) is 0 Å². The van der Waals surface area contributed by atoms with E-state index in [0.717, 1.165) is 5.33 Å². The third kappa shape index (κ3) is 52.0. The Balaban J connectivity index is -0.000000162. The molecule has 0 amide bonds. The third-order valence-corrected chi connectivity index (χ3v) is 1.14. The molecule has 0 aromatic carbocycles. The van der Waals surface area contributed by atoms with Gasteiger partial charge in [0.2, 0.25) is 12.2 Å². The van der Waals surface area contributed by atoms with Crippen LogP contribution in [0.15, 0.2) is 9.98 Å². The van der Waals surface area contributed by atoms with Crippen molar-refractivity contribution in [2.24, 2.45) is 9.98 Å². The van der Waals surface area contributed by atoms with Crippen LogP contribution in [-0.2, 0) is 19.1 Å². The Labute approximate surface area is 107 Å². The van der Waals surface area contributed by atoms with Crippen LogP contribution in [0.25, 0.3) is 0 Å². The summed E-state index contributed by atoms with van der Waals surface area (Å²) in [5.74, 6) is 0.398. The average molecular weight is 316 g/mol. The maximum absolute atomic E-state index is 9.25. The normalized spacial score (nSPS) is 6.44. The zero-order valence-electron chi connectivity index (χ0n) is 8.69. The fourth-order valence-corrected chi connectivity index (χ4v) is 0.438. The number of rotatable bonds is 5. The molecule has 0 spiro atoms. The van der Waals surface area contributed by atoms with E-state index in [2.05, 4.69) is 30.7 Å². The van der Waals surface area contributed by atoms with E-state index in [4.69, 9.17) is 16.4 Å². The lowest BCUT2D eigenvalue weighted by molar-refractivity contribution is -0.126. The van der Waals surface area contributed by atoms with Crippen molar-refractivity contribution in [1.29, 1.82) is 0 Å². The number of ether oxygens (including phenoxy) is 1. The topological polar surface area (TPSA) is 85.2 Å². The molecule has 0 fully saturated rings. The van der Waals surface area contributed by atoms with E-state index in [9.17, 15) is 9.59 Å². The van der Waals surface area contributed by atoms with Crippen LogP contribution in [-0.4, -0.2) is 50.0 Å². The Kier molecular flexibility index (Phi) is 37.3. The second kappa shape index (κ2) is 29.2. The summed E-state index contributed by atoms with van der Waals surface area (Å²) in [6.07, 6.45) is 2.77. The molecule has 0 rings (SSSR count). The molecule has 0 saturated heterocycles. The zero-order valence-corrected chi connectivity index (χ0v) is 11.0. The SMILES string of the molecule is COC=O.O=C=NCCBr.O=C=NCCCl. The van der Waals surface area contributed by atoms with Crippen LogP contribution in [0.1, 0.15) is 0 Å². The minimum atomic E-state index is 0.375. The van der Waals surface area contributed by atoms with Gasteiger partial charge in [-0.05, 0) is 0 Å². The Bertz CT molecular complexity index is 208. The summed E-state index contributed by atoms with van der Waals surface area (Å²) in [7, 11) is 1.31. The maximum Gasteiger partial charge on any atom is 0.292 e. The molecule has 16 heavy (non-hydrogen) atoms. The number of isocyanates is 2. The fraction of sp³-hybridized carbons (Fsp3) is 0.625. The van der Waals surface area contributed by atoms with Crippen LogP contribution in [0.5, 0.6) is 0 Å². The van der Waals surface area contributed by atoms with Crippen molar-refractivity contribution in [1.82, 2.24) is 0 Å². The second-order valence-corrected chi connectivity index (χ2v) is 2.83. The second-order valence-electron chi connectivity index (χ2n) is 1.66. The minimum Gasteiger partial charge on any atom is -0.471 e. The first kappa shape index (κ1) is 20.4. The highest BCUT2D eigenvalue weighted by atomic mass is 79.9. The van der Waals surface area contributed by atoms with Gasteiger partial charge in [0, 0.05) is 11.2 Å². The number of halogens is 2. The number of hydrogen-bond acceptors (Lipinski definition) is 6. The molecule has 0 bridgehead atoms. The number of alkyl halides is 2. The number of aliphatic imine (C=N–C) groups is 2. The highest BCUT2D eigenvalue weighted by molar-refractivity contribution is 9.09. The zero-order chi connectivity index (χ0) is 13.1. The molecule has 6 nitrogen and oxygen atoms in total. The van der Waals surface area contributed by atoms with Gasteiger partial charge in [0.1, 0.15) is 0 Å². The van der Waals surface area contributed by atoms with Crippen molar-refractivity contribution in [3.05, 3.63) is 0 Å². The molecule has 0 aromatic heterocycles. The van der Waals surface area contributed by atoms with Gasteiger partial charge in [0.15, 0.2) is 0 Å². The Morgan fingerprint density at radius 2 is 1.75 bits per heavy atom. The molecular weight excluding hydrogens is 303 g/mol. The Hall–Kier alpha value is -1.000. The van der Waals surface area contributed by atoms with Gasteiger partial charge in [-0.3, -0.25) is 4.79 Å². The van der Waals surface area contributed by atoms with Gasteiger partial charge in [0.25, 0.3) is 6.47 Å². The number of nitrogens with zero attached hydrogens (tertiary/aromatic N) is 2. The highest BCUT2D eigenvalue weighted by Gasteiger charge is 1.68. The van der Waals surface area contributed by atoms with E-state index in [-0.39, 0.29) is 0 Å². The Morgan fingerprint density at radius 3 is 1.88 bits per heavy atom. The monoisotopic (exact) mass is 314 g/mol. The smallest absolute Gasteiger partial charge is 0.292 e. The minimum absolute atomic E-state index is 0.375. The molecule has 0 aliphatic heterocycles. The van der Waals surface area contributed by atoms with Crippen molar-refractivity contribution in [3.63, 3.8) is 0 Å². The van der Waals surface area contributed by atoms with Crippen LogP contribution >= 0.6 is 27.5 Å². The van der Waals surface area contributed by atoms with Crippen LogP contribution in [0.3, 0.4) is 0 Å². The van der Waals surface area contributed by atoms with Crippen molar-refractivity contribution < 1.29 is 19.1 Å². The lowest BCUT2D eigenvalue weighted by atomic mass is 10.8. The van der Waals surface area contributed by atoms with E-state index < -0.39 is 0 Å². The largest absolute Gasteiger partial charge is 0.471 e. The predicted molar refractivity (Wildman–Crippen MR) is 63.6 cm³/mol. The third-order valence-electron chi connectivity index (χ3n) is 0.618. The molecule has 0 heterocycles. The molecule has 0 aromatic rings. The lowest BCUT2D eigenvalue weighted by Crippen LogP contribution is -1.75. The summed E-state index contributed by atoms with van der Waals surface area (Å²) in [5.41, 5.74) is 0. The summed E-state index contributed by atoms with van der Waals surface area (Å²) in [4.78, 5) is 33.8. The number of hydrogen-bond donors (Lipinski definition) is 0. The van der Waals surface area contributed by atoms with Gasteiger partial charge >= 0.3 is 0 Å². The predicted octanol–water partition coefficient (Wildman–Crippen LogP) is 1.07. The number of carbonyl (C=O) groups excluding carboxylic acids is 3. The van der Waals surface area contributed by atoms with Crippen molar-refractivity contribution in [3.8, 4) is 0 Å². The average Bonchev–Trinajstić information content (AvgIpc) is 2.34. The van der Waals surface area contributed by atoms with Crippen LogP contribution < -0.4 is 0 Å². The number of methoxy groups -OCH3 is 1. The molecule has 0 saturated carbocycles. The molecule has 8 heteroatoms. The maximum atomic E-state index is 9.25. The standard InChI is InChI=1S/C3H4BrNO.C3H4ClNO.C2H4O2/c2*4-1-2-5-3-6;1-4-2-3/h2*1-2H2;2H,1H3. The quantitative estimate of drug-likeness (QED) is 0.329. The van der Waals surface area contributed by atoms with Gasteiger partial charge in [0.05, 0.1) is 20.2 Å². The molecule has 0 unspecified atom stereocenters. The van der Waals surface area contributed by atoms with E-state index in [1.165, 1.54) is 19.3 Å². The van der Waals surface area contributed by atoms with E-state index in [1.54, 1.807) is 0 Å². The van der Waals surface area contributed by atoms with Crippen molar-refractivity contribution in [2.45, 2.75) is 0 Å². The van der Waals surface area contributed by atoms with Crippen LogP contribution in [0, 0.1) is 0 Å². The summed E-state index contributed by atoms with van der Waals surface area (Å²) in [6, 6.07) is 0. The van der Waals surface area contributed by atoms with E-state index >= 15 is 0 Å². The molecule has 92 valence electrons. The molecule has 0 N–H and O–H groups in total. The fourth-order valence-electron chi connectivity index (χ4n) is 0.176. The van der Waals surface area contributed by atoms with Gasteiger partial charge < -0.3 is 4.74 Å². The van der Waals surface area contributed by atoms with Crippen LogP contribution in [0.4, 0.5) is 0 Å². The molecule has 0 atom stereocenters. The molecular formula is C8H12BrClN2O4. The first-order valence-electron chi connectivity index (χ1n) is 3.90. The summed E-state index contributed by atoms with van der Waals surface area (Å²) < 4.78 is 3.86. The number of carbonyl (C=O) groups is 1. The first-order chi connectivity index (χ1) is 7.74. The highest BCUT2D eigenvalue weighted by Crippen LogP contribution is 1.75. The van der Waals surface area contributed by atoms with E-state index in [0.29, 0.717) is 25.4 Å². The molecule has 0 aliphatic rings. The van der Waals surface area contributed by atoms with Crippen molar-refractivity contribution >= 4 is 46.2 Å². The molecule has 0 aliphatic carbocycles. The van der Waals surface area contributed by atoms with E-state index in [1.807, 2.05) is 0 Å². The first-order valence-corrected chi connectivity index (χ1v) is 5.56. The van der Waals surface area contributed by atoms with Crippen molar-refractivity contribution in [2.75, 3.05) is 31.4 Å². The molecule has 0 radical (unpaired) electrons. The lowest BCUT2D eigenvalue weighted by Gasteiger charge is -1.70. The summed E-state index contributed by atoms with van der Waals surface area (Å²) in [5, 5.41) is 0.738. The summed E-state index contributed by atoms with van der Waals surface area (Å²) >= 11 is 8.19. The van der Waals surface area contributed by atoms with Gasteiger partial charge in [-0.1, -0.05) is 15.9 Å². The summed E-state index contributed by atoms with van der Waals surface area (Å²) in [6.45, 7) is 1.29. The van der Waals surface area contributed by atoms with Gasteiger partial charge in [-0.15, -0.1) is 11.6 Å². The Morgan fingerprint density at radius 1 is 1.31 bits per heavy atom. The van der Waals surface area contributed by atoms with Gasteiger partial charge in [-0.25, -0.2) is 19.6 Å². The van der Waals surface area contributed by atoms with Gasteiger partial charge in [-0.2, -0.15) is 0 Å².